The van der Waals surface area contributed by atoms with E-state index in [0.717, 1.165) is 25.9 Å². The van der Waals surface area contributed by atoms with Crippen molar-refractivity contribution in [2.24, 2.45) is 5.41 Å². The Hall–Kier alpha value is -1.14. The summed E-state index contributed by atoms with van der Waals surface area (Å²) in [6, 6.07) is 1.51. The summed E-state index contributed by atoms with van der Waals surface area (Å²) in [5.41, 5.74) is 0.305. The standard InChI is InChI=1S/C13H20N2O3S/c1-9(16)11-7-10(15(17)18)12(19-11)14-6-4-5-13(2,3)8-14/h7,9,16H,4-6,8H2,1-3H3/t9-/m0/s1. The van der Waals surface area contributed by atoms with E-state index in [1.807, 2.05) is 0 Å². The molecule has 0 aromatic carbocycles. The van der Waals surface area contributed by atoms with Gasteiger partial charge in [-0.1, -0.05) is 13.8 Å². The minimum Gasteiger partial charge on any atom is -0.388 e. The van der Waals surface area contributed by atoms with Gasteiger partial charge in [0.25, 0.3) is 0 Å². The second-order valence-electron chi connectivity index (χ2n) is 5.96. The van der Waals surface area contributed by atoms with Crippen molar-refractivity contribution >= 4 is 22.0 Å². The molecule has 19 heavy (non-hydrogen) atoms. The molecule has 1 aromatic heterocycles. The van der Waals surface area contributed by atoms with E-state index in [-0.39, 0.29) is 16.0 Å². The molecule has 106 valence electrons. The summed E-state index contributed by atoms with van der Waals surface area (Å²) in [6.07, 6.45) is 1.54. The van der Waals surface area contributed by atoms with Crippen molar-refractivity contribution in [2.75, 3.05) is 18.0 Å². The van der Waals surface area contributed by atoms with Crippen LogP contribution in [0.4, 0.5) is 10.7 Å². The molecule has 6 heteroatoms. The van der Waals surface area contributed by atoms with Crippen LogP contribution in [0.3, 0.4) is 0 Å². The predicted octanol–water partition coefficient (Wildman–Crippen LogP) is 3.34. The number of hydrogen-bond acceptors (Lipinski definition) is 5. The lowest BCUT2D eigenvalue weighted by Crippen LogP contribution is -2.39. The average molecular weight is 284 g/mol. The first-order valence-corrected chi connectivity index (χ1v) is 7.33. The van der Waals surface area contributed by atoms with Crippen molar-refractivity contribution in [3.8, 4) is 0 Å². The van der Waals surface area contributed by atoms with Crippen LogP contribution in [-0.4, -0.2) is 23.1 Å². The Balaban J connectivity index is 2.35. The third-order valence-corrected chi connectivity index (χ3v) is 4.86. The van der Waals surface area contributed by atoms with Crippen LogP contribution in [0.5, 0.6) is 0 Å². The number of nitro groups is 1. The molecule has 5 nitrogen and oxygen atoms in total. The molecule has 0 bridgehead atoms. The highest BCUT2D eigenvalue weighted by molar-refractivity contribution is 7.16. The zero-order valence-electron chi connectivity index (χ0n) is 11.5. The Morgan fingerprint density at radius 1 is 1.58 bits per heavy atom. The van der Waals surface area contributed by atoms with Crippen molar-refractivity contribution in [1.82, 2.24) is 0 Å². The summed E-state index contributed by atoms with van der Waals surface area (Å²) in [6.45, 7) is 7.69. The minimum absolute atomic E-state index is 0.124. The first-order chi connectivity index (χ1) is 8.80. The maximum atomic E-state index is 11.2. The van der Waals surface area contributed by atoms with E-state index in [0.29, 0.717) is 9.88 Å². The van der Waals surface area contributed by atoms with Crippen molar-refractivity contribution in [2.45, 2.75) is 39.7 Å². The Labute approximate surface area is 117 Å². The molecule has 1 saturated heterocycles. The van der Waals surface area contributed by atoms with Gasteiger partial charge in [-0.05, 0) is 25.2 Å². The van der Waals surface area contributed by atoms with E-state index in [2.05, 4.69) is 18.7 Å². The van der Waals surface area contributed by atoms with Crippen molar-refractivity contribution in [1.29, 1.82) is 0 Å². The van der Waals surface area contributed by atoms with Crippen LogP contribution in [0, 0.1) is 15.5 Å². The molecule has 0 spiro atoms. The first kappa shape index (κ1) is 14.3. The van der Waals surface area contributed by atoms with Gasteiger partial charge >= 0.3 is 5.69 Å². The van der Waals surface area contributed by atoms with Gasteiger partial charge in [0, 0.05) is 24.0 Å². The van der Waals surface area contributed by atoms with Crippen LogP contribution in [-0.2, 0) is 0 Å². The lowest BCUT2D eigenvalue weighted by atomic mass is 9.84. The summed E-state index contributed by atoms with van der Waals surface area (Å²) in [7, 11) is 0. The van der Waals surface area contributed by atoms with Crippen LogP contribution in [0.15, 0.2) is 6.07 Å². The molecule has 1 atom stereocenters. The van der Waals surface area contributed by atoms with Crippen LogP contribution < -0.4 is 4.90 Å². The Morgan fingerprint density at radius 2 is 2.26 bits per heavy atom. The summed E-state index contributed by atoms with van der Waals surface area (Å²) < 4.78 is 0. The highest BCUT2D eigenvalue weighted by Crippen LogP contribution is 2.43. The number of rotatable bonds is 3. The zero-order chi connectivity index (χ0) is 14.2. The maximum Gasteiger partial charge on any atom is 0.304 e. The number of aliphatic hydroxyl groups is 1. The topological polar surface area (TPSA) is 66.6 Å². The molecule has 0 amide bonds. The highest BCUT2D eigenvalue weighted by Gasteiger charge is 2.32. The smallest absolute Gasteiger partial charge is 0.304 e. The summed E-state index contributed by atoms with van der Waals surface area (Å²) >= 11 is 1.34. The van der Waals surface area contributed by atoms with Gasteiger partial charge in [0.05, 0.1) is 11.0 Å². The van der Waals surface area contributed by atoms with E-state index < -0.39 is 6.10 Å². The average Bonchev–Trinajstić information content (AvgIpc) is 2.72. The van der Waals surface area contributed by atoms with Gasteiger partial charge in [-0.2, -0.15) is 0 Å². The van der Waals surface area contributed by atoms with Gasteiger partial charge in [-0.15, -0.1) is 11.3 Å². The predicted molar refractivity (Wildman–Crippen MR) is 76.8 cm³/mol. The molecular formula is C13H20N2O3S. The normalized spacial score (nSPS) is 20.3. The molecule has 1 aliphatic heterocycles. The number of thiophene rings is 1. The first-order valence-electron chi connectivity index (χ1n) is 6.51. The van der Waals surface area contributed by atoms with Crippen LogP contribution in [0.25, 0.3) is 0 Å². The van der Waals surface area contributed by atoms with Crippen LogP contribution in [0.2, 0.25) is 0 Å². The van der Waals surface area contributed by atoms with Crippen LogP contribution in [0.1, 0.15) is 44.6 Å². The number of piperidine rings is 1. The SMILES string of the molecule is C[C@H](O)c1cc([N+](=O)[O-])c(N2CCCC(C)(C)C2)s1. The van der Waals surface area contributed by atoms with E-state index in [9.17, 15) is 15.2 Å². The zero-order valence-corrected chi connectivity index (χ0v) is 12.4. The fourth-order valence-corrected chi connectivity index (χ4v) is 3.64. The second kappa shape index (κ2) is 5.09. The Kier molecular flexibility index (Phi) is 3.82. The van der Waals surface area contributed by atoms with E-state index >= 15 is 0 Å². The van der Waals surface area contributed by atoms with Gasteiger partial charge in [-0.25, -0.2) is 0 Å². The summed E-state index contributed by atoms with van der Waals surface area (Å²) in [5, 5.41) is 21.5. The summed E-state index contributed by atoms with van der Waals surface area (Å²) in [4.78, 5) is 13.6. The third-order valence-electron chi connectivity index (χ3n) is 3.51. The van der Waals surface area contributed by atoms with E-state index in [1.54, 1.807) is 6.92 Å². The number of anilines is 1. The molecule has 0 radical (unpaired) electrons. The molecule has 0 aliphatic carbocycles. The van der Waals surface area contributed by atoms with E-state index in [1.165, 1.54) is 17.4 Å². The molecule has 0 saturated carbocycles. The van der Waals surface area contributed by atoms with Gasteiger partial charge in [-0.3, -0.25) is 10.1 Å². The van der Waals surface area contributed by atoms with E-state index in [4.69, 9.17) is 0 Å². The lowest BCUT2D eigenvalue weighted by Gasteiger charge is -2.38. The van der Waals surface area contributed by atoms with Crippen molar-refractivity contribution in [3.63, 3.8) is 0 Å². The number of hydrogen-bond donors (Lipinski definition) is 1. The molecule has 2 heterocycles. The third kappa shape index (κ3) is 3.06. The number of aliphatic hydroxyl groups excluding tert-OH is 1. The Bertz CT molecular complexity index is 482. The molecule has 1 aromatic rings. The second-order valence-corrected chi connectivity index (χ2v) is 7.02. The molecule has 1 fully saturated rings. The fraction of sp³-hybridized carbons (Fsp3) is 0.692. The largest absolute Gasteiger partial charge is 0.388 e. The van der Waals surface area contributed by atoms with Gasteiger partial charge in [0.1, 0.15) is 0 Å². The monoisotopic (exact) mass is 284 g/mol. The van der Waals surface area contributed by atoms with Crippen LogP contribution >= 0.6 is 11.3 Å². The fourth-order valence-electron chi connectivity index (χ4n) is 2.55. The minimum atomic E-state index is -0.657. The summed E-state index contributed by atoms with van der Waals surface area (Å²) in [5.74, 6) is 0. The van der Waals surface area contributed by atoms with Crippen molar-refractivity contribution in [3.05, 3.63) is 21.1 Å². The number of nitrogens with zero attached hydrogens (tertiary/aromatic N) is 2. The molecule has 1 aliphatic rings. The maximum absolute atomic E-state index is 11.2. The lowest BCUT2D eigenvalue weighted by molar-refractivity contribution is -0.383. The van der Waals surface area contributed by atoms with Gasteiger partial charge in [0.2, 0.25) is 0 Å². The van der Waals surface area contributed by atoms with Gasteiger partial charge in [0.15, 0.2) is 5.00 Å². The molecule has 0 unspecified atom stereocenters. The van der Waals surface area contributed by atoms with Crippen molar-refractivity contribution < 1.29 is 10.0 Å². The molecule has 1 N–H and O–H groups in total. The highest BCUT2D eigenvalue weighted by atomic mass is 32.1. The Morgan fingerprint density at radius 3 is 2.79 bits per heavy atom. The molecule has 2 rings (SSSR count). The molecular weight excluding hydrogens is 264 g/mol. The van der Waals surface area contributed by atoms with Gasteiger partial charge < -0.3 is 10.0 Å². The quantitative estimate of drug-likeness (QED) is 0.683.